The lowest BCUT2D eigenvalue weighted by molar-refractivity contribution is -0.123. The summed E-state index contributed by atoms with van der Waals surface area (Å²) >= 11 is 4.79. The van der Waals surface area contributed by atoms with Crippen LogP contribution >= 0.6 is 12.2 Å². The first kappa shape index (κ1) is 10.9. The molecule has 0 spiro atoms. The minimum absolute atomic E-state index is 0.178. The maximum atomic E-state index is 13.1. The molecule has 1 atom stereocenters. The third-order valence-corrected chi connectivity index (χ3v) is 2.75. The summed E-state index contributed by atoms with van der Waals surface area (Å²) in [5, 5.41) is 5.31. The van der Waals surface area contributed by atoms with Gasteiger partial charge in [-0.1, -0.05) is 6.07 Å². The summed E-state index contributed by atoms with van der Waals surface area (Å²) in [6, 6.07) is 3.31. The molecule has 2 rings (SSSR count). The van der Waals surface area contributed by atoms with E-state index in [4.69, 9.17) is 12.2 Å². The molecule has 0 aromatic heterocycles. The molecule has 1 aliphatic heterocycles. The average molecular weight is 242 g/mol. The Hall–Kier alpha value is -1.56. The highest BCUT2D eigenvalue weighted by Gasteiger charge is 2.41. The first-order valence-electron chi connectivity index (χ1n) is 4.52. The lowest BCUT2D eigenvalue weighted by Gasteiger charge is -2.21. The van der Waals surface area contributed by atoms with Crippen molar-refractivity contribution in [1.29, 1.82) is 0 Å². The first-order valence-corrected chi connectivity index (χ1v) is 4.93. The lowest BCUT2D eigenvalue weighted by Crippen LogP contribution is -2.40. The van der Waals surface area contributed by atoms with Gasteiger partial charge in [-0.25, -0.2) is 8.78 Å². The van der Waals surface area contributed by atoms with Crippen LogP contribution in [0, 0.1) is 11.6 Å². The van der Waals surface area contributed by atoms with E-state index in [1.165, 1.54) is 6.07 Å². The van der Waals surface area contributed by atoms with Crippen LogP contribution in [-0.2, 0) is 10.3 Å². The van der Waals surface area contributed by atoms with E-state index in [1.807, 2.05) is 0 Å². The van der Waals surface area contributed by atoms with E-state index in [2.05, 4.69) is 10.6 Å². The van der Waals surface area contributed by atoms with E-state index in [1.54, 1.807) is 6.92 Å². The third kappa shape index (κ3) is 1.55. The van der Waals surface area contributed by atoms with Crippen molar-refractivity contribution >= 4 is 23.2 Å². The highest BCUT2D eigenvalue weighted by atomic mass is 32.1. The normalized spacial score (nSPS) is 24.2. The van der Waals surface area contributed by atoms with Gasteiger partial charge in [0.25, 0.3) is 5.91 Å². The van der Waals surface area contributed by atoms with Crippen molar-refractivity contribution in [2.75, 3.05) is 0 Å². The Morgan fingerprint density at radius 2 is 2.00 bits per heavy atom. The molecule has 6 heteroatoms. The van der Waals surface area contributed by atoms with Crippen molar-refractivity contribution < 1.29 is 13.6 Å². The van der Waals surface area contributed by atoms with Crippen LogP contribution in [0.4, 0.5) is 8.78 Å². The molecule has 1 heterocycles. The largest absolute Gasteiger partial charge is 0.345 e. The van der Waals surface area contributed by atoms with Crippen LogP contribution in [0.15, 0.2) is 18.2 Å². The van der Waals surface area contributed by atoms with Crippen LogP contribution in [0.3, 0.4) is 0 Å². The van der Waals surface area contributed by atoms with Gasteiger partial charge in [-0.05, 0) is 36.8 Å². The van der Waals surface area contributed by atoms with E-state index in [0.29, 0.717) is 5.56 Å². The number of amides is 1. The average Bonchev–Trinajstić information content (AvgIpc) is 2.46. The molecular weight excluding hydrogens is 234 g/mol. The highest BCUT2D eigenvalue weighted by molar-refractivity contribution is 7.80. The van der Waals surface area contributed by atoms with Crippen molar-refractivity contribution in [3.05, 3.63) is 35.4 Å². The molecule has 1 unspecified atom stereocenters. The van der Waals surface area contributed by atoms with Gasteiger partial charge in [0, 0.05) is 0 Å². The van der Waals surface area contributed by atoms with Crippen molar-refractivity contribution in [3.8, 4) is 0 Å². The topological polar surface area (TPSA) is 41.1 Å². The van der Waals surface area contributed by atoms with Crippen LogP contribution in [-0.4, -0.2) is 11.0 Å². The van der Waals surface area contributed by atoms with Gasteiger partial charge in [-0.2, -0.15) is 0 Å². The summed E-state index contributed by atoms with van der Waals surface area (Å²) in [5.41, 5.74) is -0.824. The SMILES string of the molecule is CC1(c2ccc(F)c(F)c2)NC(=S)NC1=O. The molecule has 0 radical (unpaired) electrons. The zero-order valence-corrected chi connectivity index (χ0v) is 9.12. The molecular formula is C10H8F2N2OS. The zero-order chi connectivity index (χ0) is 11.9. The van der Waals surface area contributed by atoms with Crippen LogP contribution in [0.2, 0.25) is 0 Å². The van der Waals surface area contributed by atoms with Gasteiger partial charge in [0.1, 0.15) is 5.54 Å². The summed E-state index contributed by atoms with van der Waals surface area (Å²) in [6.45, 7) is 1.55. The second kappa shape index (κ2) is 3.48. The Kier molecular flexibility index (Phi) is 2.38. The fourth-order valence-electron chi connectivity index (χ4n) is 1.55. The van der Waals surface area contributed by atoms with Crippen molar-refractivity contribution in [3.63, 3.8) is 0 Å². The predicted molar refractivity (Wildman–Crippen MR) is 57.6 cm³/mol. The summed E-state index contributed by atoms with van der Waals surface area (Å²) in [6.07, 6.45) is 0. The van der Waals surface area contributed by atoms with Gasteiger partial charge in [0.2, 0.25) is 0 Å². The van der Waals surface area contributed by atoms with Gasteiger partial charge >= 0.3 is 0 Å². The Bertz CT molecular complexity index is 492. The predicted octanol–water partition coefficient (Wildman–Crippen LogP) is 1.18. The number of thiocarbonyl (C=S) groups is 1. The molecule has 1 aromatic carbocycles. The van der Waals surface area contributed by atoms with Crippen molar-refractivity contribution in [2.45, 2.75) is 12.5 Å². The minimum atomic E-state index is -1.15. The number of hydrogen-bond donors (Lipinski definition) is 2. The van der Waals surface area contributed by atoms with Crippen LogP contribution in [0.1, 0.15) is 12.5 Å². The van der Waals surface area contributed by atoms with Crippen molar-refractivity contribution in [2.24, 2.45) is 0 Å². The van der Waals surface area contributed by atoms with E-state index >= 15 is 0 Å². The van der Waals surface area contributed by atoms with Gasteiger partial charge in [0.05, 0.1) is 0 Å². The molecule has 84 valence electrons. The maximum Gasteiger partial charge on any atom is 0.256 e. The maximum absolute atomic E-state index is 13.1. The Balaban J connectivity index is 2.47. The summed E-state index contributed by atoms with van der Waals surface area (Å²) < 4.78 is 25.8. The molecule has 3 nitrogen and oxygen atoms in total. The molecule has 16 heavy (non-hydrogen) atoms. The standard InChI is InChI=1S/C10H8F2N2OS/c1-10(8(15)13-9(16)14-10)5-2-3-6(11)7(12)4-5/h2-4H,1H3,(H2,13,14,15,16). The van der Waals surface area contributed by atoms with Gasteiger partial charge in [-0.15, -0.1) is 0 Å². The van der Waals surface area contributed by atoms with E-state index in [9.17, 15) is 13.6 Å². The molecule has 1 saturated heterocycles. The van der Waals surface area contributed by atoms with Crippen LogP contribution < -0.4 is 10.6 Å². The zero-order valence-electron chi connectivity index (χ0n) is 8.30. The minimum Gasteiger partial charge on any atom is -0.345 e. The second-order valence-electron chi connectivity index (χ2n) is 3.66. The Morgan fingerprint density at radius 3 is 2.50 bits per heavy atom. The number of nitrogens with one attached hydrogen (secondary N) is 2. The number of benzene rings is 1. The number of carbonyl (C=O) groups is 1. The fourth-order valence-corrected chi connectivity index (χ4v) is 1.85. The summed E-state index contributed by atoms with van der Waals surface area (Å²) in [4.78, 5) is 11.6. The molecule has 0 saturated carbocycles. The number of halogens is 2. The second-order valence-corrected chi connectivity index (χ2v) is 4.07. The Morgan fingerprint density at radius 1 is 1.31 bits per heavy atom. The van der Waals surface area contributed by atoms with Crippen LogP contribution in [0.25, 0.3) is 0 Å². The molecule has 1 aliphatic rings. The Labute approximate surface area is 95.8 Å². The molecule has 1 fully saturated rings. The number of hydrogen-bond acceptors (Lipinski definition) is 2. The fraction of sp³-hybridized carbons (Fsp3) is 0.200. The van der Waals surface area contributed by atoms with E-state index in [-0.39, 0.29) is 11.0 Å². The molecule has 2 N–H and O–H groups in total. The van der Waals surface area contributed by atoms with Gasteiger partial charge in [-0.3, -0.25) is 4.79 Å². The number of carbonyl (C=O) groups excluding carboxylic acids is 1. The number of rotatable bonds is 1. The smallest absolute Gasteiger partial charge is 0.256 e. The van der Waals surface area contributed by atoms with Crippen molar-refractivity contribution in [1.82, 2.24) is 10.6 Å². The first-order chi connectivity index (χ1) is 7.43. The molecule has 1 aromatic rings. The molecule has 1 amide bonds. The molecule has 0 aliphatic carbocycles. The highest BCUT2D eigenvalue weighted by Crippen LogP contribution is 2.25. The molecule has 0 bridgehead atoms. The van der Waals surface area contributed by atoms with Crippen LogP contribution in [0.5, 0.6) is 0 Å². The lowest BCUT2D eigenvalue weighted by atomic mass is 9.92. The van der Waals surface area contributed by atoms with Gasteiger partial charge in [0.15, 0.2) is 16.7 Å². The summed E-state index contributed by atoms with van der Waals surface area (Å²) in [5.74, 6) is -2.33. The third-order valence-electron chi connectivity index (χ3n) is 2.54. The quantitative estimate of drug-likeness (QED) is 0.727. The van der Waals surface area contributed by atoms with Gasteiger partial charge < -0.3 is 10.6 Å². The van der Waals surface area contributed by atoms with E-state index < -0.39 is 17.2 Å². The summed E-state index contributed by atoms with van der Waals surface area (Å²) in [7, 11) is 0. The monoisotopic (exact) mass is 242 g/mol. The van der Waals surface area contributed by atoms with E-state index in [0.717, 1.165) is 12.1 Å².